The summed E-state index contributed by atoms with van der Waals surface area (Å²) in [6.45, 7) is 2.05. The van der Waals surface area contributed by atoms with Crippen LogP contribution in [0.3, 0.4) is 0 Å². The van der Waals surface area contributed by atoms with Crippen molar-refractivity contribution in [3.8, 4) is 22.8 Å². The molecule has 1 aromatic heterocycles. The fourth-order valence-corrected chi connectivity index (χ4v) is 4.11. The topological polar surface area (TPSA) is 77.2 Å². The summed E-state index contributed by atoms with van der Waals surface area (Å²) in [5.74, 6) is 1.20. The van der Waals surface area contributed by atoms with Crippen LogP contribution in [0.1, 0.15) is 21.5 Å². The van der Waals surface area contributed by atoms with Crippen molar-refractivity contribution in [3.05, 3.63) is 89.5 Å². The zero-order valence-corrected chi connectivity index (χ0v) is 18.0. The van der Waals surface area contributed by atoms with Gasteiger partial charge in [-0.1, -0.05) is 48.2 Å². The van der Waals surface area contributed by atoms with Crippen molar-refractivity contribution in [3.63, 3.8) is 0 Å². The Bertz CT molecular complexity index is 1220. The van der Waals surface area contributed by atoms with Gasteiger partial charge in [-0.05, 0) is 54.4 Å². The number of ether oxygens (including phenoxy) is 1. The SMILES string of the molecule is COc1cccc(-c2nnc(SCc3ccc(C(=O)O)cc3)n2-c2cccc(C)c2)c1. The fourth-order valence-electron chi connectivity index (χ4n) is 3.20. The number of hydrogen-bond donors (Lipinski definition) is 1. The zero-order chi connectivity index (χ0) is 21.8. The zero-order valence-electron chi connectivity index (χ0n) is 17.1. The highest BCUT2D eigenvalue weighted by molar-refractivity contribution is 7.98. The third-order valence-corrected chi connectivity index (χ3v) is 5.79. The summed E-state index contributed by atoms with van der Waals surface area (Å²) in [5, 5.41) is 18.8. The van der Waals surface area contributed by atoms with E-state index in [0.717, 1.165) is 39.1 Å². The van der Waals surface area contributed by atoms with Crippen molar-refractivity contribution >= 4 is 17.7 Å². The molecule has 4 rings (SSSR count). The molecule has 0 aliphatic carbocycles. The molecule has 0 atom stereocenters. The van der Waals surface area contributed by atoms with Crippen molar-refractivity contribution in [1.29, 1.82) is 0 Å². The molecule has 4 aromatic rings. The molecule has 1 N–H and O–H groups in total. The van der Waals surface area contributed by atoms with Crippen LogP contribution < -0.4 is 4.74 Å². The highest BCUT2D eigenvalue weighted by Gasteiger charge is 2.17. The predicted molar refractivity (Wildman–Crippen MR) is 121 cm³/mol. The van der Waals surface area contributed by atoms with Gasteiger partial charge in [-0.3, -0.25) is 4.57 Å². The van der Waals surface area contributed by atoms with Crippen LogP contribution in [0.25, 0.3) is 17.1 Å². The maximum Gasteiger partial charge on any atom is 0.335 e. The number of carboxylic acid groups (broad SMARTS) is 1. The van der Waals surface area contributed by atoms with E-state index in [9.17, 15) is 4.79 Å². The normalized spacial score (nSPS) is 10.8. The molecule has 0 aliphatic heterocycles. The Morgan fingerprint density at radius 1 is 1.03 bits per heavy atom. The van der Waals surface area contributed by atoms with E-state index in [2.05, 4.69) is 29.3 Å². The molecule has 156 valence electrons. The minimum Gasteiger partial charge on any atom is -0.497 e. The molecule has 6 nitrogen and oxygen atoms in total. The van der Waals surface area contributed by atoms with Crippen LogP contribution in [-0.2, 0) is 5.75 Å². The molecule has 31 heavy (non-hydrogen) atoms. The number of methoxy groups -OCH3 is 1. The average Bonchev–Trinajstić information content (AvgIpc) is 3.22. The molecule has 0 spiro atoms. The summed E-state index contributed by atoms with van der Waals surface area (Å²) >= 11 is 1.55. The summed E-state index contributed by atoms with van der Waals surface area (Å²) in [5.41, 5.74) is 4.31. The second-order valence-electron chi connectivity index (χ2n) is 7.00. The second-order valence-corrected chi connectivity index (χ2v) is 7.95. The third-order valence-electron chi connectivity index (χ3n) is 4.79. The molecule has 7 heteroatoms. The second kappa shape index (κ2) is 9.06. The smallest absolute Gasteiger partial charge is 0.335 e. The Hall–Kier alpha value is -3.58. The number of nitrogens with zero attached hydrogens (tertiary/aromatic N) is 3. The molecule has 0 fully saturated rings. The third kappa shape index (κ3) is 4.62. The van der Waals surface area contributed by atoms with E-state index in [4.69, 9.17) is 9.84 Å². The van der Waals surface area contributed by atoms with Gasteiger partial charge < -0.3 is 9.84 Å². The van der Waals surface area contributed by atoms with Crippen molar-refractivity contribution in [2.75, 3.05) is 7.11 Å². The number of carbonyl (C=O) groups is 1. The summed E-state index contributed by atoms with van der Waals surface area (Å²) in [6, 6.07) is 22.8. The summed E-state index contributed by atoms with van der Waals surface area (Å²) < 4.78 is 7.41. The number of thioether (sulfide) groups is 1. The first-order chi connectivity index (χ1) is 15.0. The standard InChI is InChI=1S/C24H21N3O3S/c1-16-5-3-7-20(13-16)27-22(19-6-4-8-21(14-19)30-2)25-26-24(27)31-15-17-9-11-18(12-10-17)23(28)29/h3-14H,15H2,1-2H3,(H,28,29). The molecule has 0 bridgehead atoms. The Morgan fingerprint density at radius 3 is 2.52 bits per heavy atom. The van der Waals surface area contributed by atoms with Crippen LogP contribution in [0, 0.1) is 6.92 Å². The van der Waals surface area contributed by atoms with Crippen LogP contribution in [0.2, 0.25) is 0 Å². The lowest BCUT2D eigenvalue weighted by molar-refractivity contribution is 0.0697. The first-order valence-corrected chi connectivity index (χ1v) is 10.7. The van der Waals surface area contributed by atoms with Crippen molar-refractivity contribution in [2.45, 2.75) is 17.8 Å². The van der Waals surface area contributed by atoms with E-state index in [1.807, 2.05) is 53.1 Å². The number of rotatable bonds is 7. The number of aromatic carboxylic acids is 1. The number of aryl methyl sites for hydroxylation is 1. The molecule has 0 unspecified atom stereocenters. The van der Waals surface area contributed by atoms with E-state index in [1.165, 1.54) is 0 Å². The highest BCUT2D eigenvalue weighted by atomic mass is 32.2. The average molecular weight is 432 g/mol. The Labute approximate surface area is 184 Å². The van der Waals surface area contributed by atoms with Crippen LogP contribution in [0.15, 0.2) is 78.0 Å². The van der Waals surface area contributed by atoms with E-state index < -0.39 is 5.97 Å². The van der Waals surface area contributed by atoms with Gasteiger partial charge in [0, 0.05) is 17.0 Å². The Balaban J connectivity index is 1.70. The molecule has 0 saturated carbocycles. The van der Waals surface area contributed by atoms with Gasteiger partial charge >= 0.3 is 5.97 Å². The lowest BCUT2D eigenvalue weighted by Crippen LogP contribution is -2.00. The van der Waals surface area contributed by atoms with Crippen molar-refractivity contribution < 1.29 is 14.6 Å². The van der Waals surface area contributed by atoms with Gasteiger partial charge in [-0.25, -0.2) is 4.79 Å². The quantitative estimate of drug-likeness (QED) is 0.403. The molecule has 0 saturated heterocycles. The number of hydrogen-bond acceptors (Lipinski definition) is 5. The van der Waals surface area contributed by atoms with Gasteiger partial charge in [0.1, 0.15) is 5.75 Å². The van der Waals surface area contributed by atoms with Gasteiger partial charge in [0.2, 0.25) is 0 Å². The van der Waals surface area contributed by atoms with Gasteiger partial charge in [-0.2, -0.15) is 0 Å². The fraction of sp³-hybridized carbons (Fsp3) is 0.125. The highest BCUT2D eigenvalue weighted by Crippen LogP contribution is 2.31. The summed E-state index contributed by atoms with van der Waals surface area (Å²) in [7, 11) is 1.64. The van der Waals surface area contributed by atoms with Crippen LogP contribution in [0.4, 0.5) is 0 Å². The van der Waals surface area contributed by atoms with E-state index in [0.29, 0.717) is 5.75 Å². The van der Waals surface area contributed by atoms with Crippen molar-refractivity contribution in [2.24, 2.45) is 0 Å². The van der Waals surface area contributed by atoms with Gasteiger partial charge in [0.15, 0.2) is 11.0 Å². The van der Waals surface area contributed by atoms with Crippen molar-refractivity contribution in [1.82, 2.24) is 14.8 Å². The molecule has 0 aliphatic rings. The van der Waals surface area contributed by atoms with E-state index in [-0.39, 0.29) is 5.56 Å². The molecular formula is C24H21N3O3S. The van der Waals surface area contributed by atoms with Gasteiger partial charge in [-0.15, -0.1) is 10.2 Å². The first-order valence-electron chi connectivity index (χ1n) is 9.67. The molecule has 3 aromatic carbocycles. The summed E-state index contributed by atoms with van der Waals surface area (Å²) in [4.78, 5) is 11.1. The van der Waals surface area contributed by atoms with E-state index in [1.54, 1.807) is 31.0 Å². The van der Waals surface area contributed by atoms with Crippen LogP contribution in [0.5, 0.6) is 5.75 Å². The lowest BCUT2D eigenvalue weighted by atomic mass is 10.1. The van der Waals surface area contributed by atoms with Crippen LogP contribution in [-0.4, -0.2) is 33.0 Å². The largest absolute Gasteiger partial charge is 0.497 e. The first kappa shape index (κ1) is 20.7. The number of benzene rings is 3. The number of carboxylic acids is 1. The minimum absolute atomic E-state index is 0.275. The summed E-state index contributed by atoms with van der Waals surface area (Å²) in [6.07, 6.45) is 0. The maximum atomic E-state index is 11.1. The number of aromatic nitrogens is 3. The molecule has 1 heterocycles. The minimum atomic E-state index is -0.929. The van der Waals surface area contributed by atoms with E-state index >= 15 is 0 Å². The molecule has 0 radical (unpaired) electrons. The monoisotopic (exact) mass is 431 g/mol. The Kier molecular flexibility index (Phi) is 6.04. The van der Waals surface area contributed by atoms with Gasteiger partial charge in [0.05, 0.1) is 12.7 Å². The predicted octanol–water partition coefficient (Wildman–Crippen LogP) is 5.24. The van der Waals surface area contributed by atoms with Crippen LogP contribution >= 0.6 is 11.8 Å². The Morgan fingerprint density at radius 2 is 1.81 bits per heavy atom. The molecule has 0 amide bonds. The molecular weight excluding hydrogens is 410 g/mol. The lowest BCUT2D eigenvalue weighted by Gasteiger charge is -2.12. The maximum absolute atomic E-state index is 11.1. The van der Waals surface area contributed by atoms with Gasteiger partial charge in [0.25, 0.3) is 0 Å².